The van der Waals surface area contributed by atoms with E-state index >= 15 is 0 Å². The van der Waals surface area contributed by atoms with Crippen LogP contribution in [0.4, 0.5) is 0 Å². The first-order valence-corrected chi connectivity index (χ1v) is 9.63. The molecule has 2 heterocycles. The molecule has 1 aliphatic rings. The van der Waals surface area contributed by atoms with Crippen molar-refractivity contribution in [3.05, 3.63) is 40.3 Å². The van der Waals surface area contributed by atoms with Crippen LogP contribution in [-0.2, 0) is 6.54 Å². The average Bonchev–Trinajstić information content (AvgIpc) is 3.09. The van der Waals surface area contributed by atoms with Crippen molar-refractivity contribution < 1.29 is 9.69 Å². The van der Waals surface area contributed by atoms with Crippen LogP contribution in [0.1, 0.15) is 44.1 Å². The van der Waals surface area contributed by atoms with E-state index in [0.29, 0.717) is 35.6 Å². The van der Waals surface area contributed by atoms with Crippen LogP contribution in [0.2, 0.25) is 0 Å². The van der Waals surface area contributed by atoms with Crippen LogP contribution in [0.25, 0.3) is 10.8 Å². The molecule has 0 saturated carbocycles. The number of nitrogens with one attached hydrogen (secondary N) is 2. The van der Waals surface area contributed by atoms with Crippen LogP contribution in [0.15, 0.2) is 29.1 Å². The molecule has 2 N–H and O–H groups in total. The van der Waals surface area contributed by atoms with Gasteiger partial charge in [0.25, 0.3) is 11.5 Å². The molecule has 2 aromatic rings. The number of likely N-dealkylation sites (N-methyl/N-ethyl adjacent to an activating group) is 1. The van der Waals surface area contributed by atoms with Gasteiger partial charge in [-0.1, -0.05) is 32.0 Å². The lowest BCUT2D eigenvalue weighted by Crippen LogP contribution is -3.14. The van der Waals surface area contributed by atoms with E-state index in [1.54, 1.807) is 17.0 Å². The van der Waals surface area contributed by atoms with Crippen LogP contribution in [0, 0.1) is 5.92 Å². The summed E-state index contributed by atoms with van der Waals surface area (Å²) in [5, 5.41) is 8.65. The lowest BCUT2D eigenvalue weighted by atomic mass is 10.1. The summed E-state index contributed by atoms with van der Waals surface area (Å²) in [4.78, 5) is 27.1. The fraction of sp³-hybridized carbons (Fsp3) is 0.550. The summed E-state index contributed by atoms with van der Waals surface area (Å²) in [6.45, 7) is 9.67. The number of rotatable bonds is 6. The first-order valence-electron chi connectivity index (χ1n) is 9.63. The van der Waals surface area contributed by atoms with E-state index in [2.05, 4.69) is 17.3 Å². The number of carbonyl (C=O) groups excluding carboxylic acids is 1. The minimum absolute atomic E-state index is 0.136. The summed E-state index contributed by atoms with van der Waals surface area (Å²) in [7, 11) is 0. The number of hydrogen-bond donors (Lipinski definition) is 2. The van der Waals surface area contributed by atoms with Crippen molar-refractivity contribution in [2.24, 2.45) is 5.92 Å². The van der Waals surface area contributed by atoms with E-state index in [4.69, 9.17) is 0 Å². The van der Waals surface area contributed by atoms with E-state index in [-0.39, 0.29) is 17.4 Å². The van der Waals surface area contributed by atoms with Gasteiger partial charge in [0.1, 0.15) is 6.04 Å². The molecule has 1 saturated heterocycles. The van der Waals surface area contributed by atoms with E-state index in [1.165, 1.54) is 17.6 Å². The van der Waals surface area contributed by atoms with Crippen molar-refractivity contribution in [2.45, 2.75) is 46.2 Å². The number of benzene rings is 1. The Labute approximate surface area is 154 Å². The number of carbonyl (C=O) groups is 1. The Kier molecular flexibility index (Phi) is 5.71. The molecule has 2 atom stereocenters. The Morgan fingerprint density at radius 3 is 2.77 bits per heavy atom. The van der Waals surface area contributed by atoms with Gasteiger partial charge in [0.2, 0.25) is 0 Å². The molecule has 6 nitrogen and oxygen atoms in total. The Morgan fingerprint density at radius 1 is 1.35 bits per heavy atom. The van der Waals surface area contributed by atoms with E-state index in [0.717, 1.165) is 13.0 Å². The highest BCUT2D eigenvalue weighted by Gasteiger charge is 2.28. The van der Waals surface area contributed by atoms with Gasteiger partial charge in [0, 0.05) is 24.8 Å². The van der Waals surface area contributed by atoms with Crippen LogP contribution in [-0.4, -0.2) is 41.4 Å². The average molecular weight is 357 g/mol. The molecule has 1 amide bonds. The van der Waals surface area contributed by atoms with Crippen LogP contribution < -0.4 is 15.8 Å². The molecule has 0 radical (unpaired) electrons. The number of nitrogens with zero attached hydrogens (tertiary/aromatic N) is 2. The summed E-state index contributed by atoms with van der Waals surface area (Å²) in [6.07, 6.45) is 2.36. The molecule has 0 spiro atoms. The van der Waals surface area contributed by atoms with Gasteiger partial charge in [0.15, 0.2) is 5.69 Å². The van der Waals surface area contributed by atoms with Crippen molar-refractivity contribution in [2.75, 3.05) is 19.6 Å². The Morgan fingerprint density at radius 2 is 2.08 bits per heavy atom. The highest BCUT2D eigenvalue weighted by Crippen LogP contribution is 2.14. The first kappa shape index (κ1) is 18.6. The molecule has 1 aromatic heterocycles. The van der Waals surface area contributed by atoms with Crippen LogP contribution in [0.5, 0.6) is 0 Å². The molecule has 6 heteroatoms. The van der Waals surface area contributed by atoms with E-state index < -0.39 is 0 Å². The largest absolute Gasteiger partial charge is 0.345 e. The standard InChI is InChI=1S/C20H28N4O2/c1-4-23-11-7-8-15(23)12-21-19(25)18-16-9-5-6-10-17(16)20(26)24(22-18)13-14(2)3/h5-6,9-10,14-15H,4,7-8,11-13H2,1-3H3,(H,21,25)/p+1/t15-/m1/s1. The minimum Gasteiger partial charge on any atom is -0.345 e. The van der Waals surface area contributed by atoms with Gasteiger partial charge in [-0.25, -0.2) is 4.68 Å². The Bertz CT molecular complexity index is 843. The van der Waals surface area contributed by atoms with Gasteiger partial charge >= 0.3 is 0 Å². The predicted octanol–water partition coefficient (Wildman–Crippen LogP) is 0.850. The fourth-order valence-electron chi connectivity index (χ4n) is 3.87. The monoisotopic (exact) mass is 357 g/mol. The zero-order chi connectivity index (χ0) is 18.7. The molecule has 140 valence electrons. The number of hydrogen-bond acceptors (Lipinski definition) is 3. The number of fused-ring (bicyclic) bond motifs is 1. The summed E-state index contributed by atoms with van der Waals surface area (Å²) in [6, 6.07) is 7.71. The molecule has 0 aliphatic carbocycles. The van der Waals surface area contributed by atoms with Crippen molar-refractivity contribution in [1.29, 1.82) is 0 Å². The summed E-state index contributed by atoms with van der Waals surface area (Å²) >= 11 is 0. The second-order valence-electron chi connectivity index (χ2n) is 7.59. The fourth-order valence-corrected chi connectivity index (χ4v) is 3.87. The third-order valence-corrected chi connectivity index (χ3v) is 5.21. The molecule has 0 bridgehead atoms. The third kappa shape index (κ3) is 3.80. The molecule has 1 unspecified atom stereocenters. The topological polar surface area (TPSA) is 68.4 Å². The van der Waals surface area contributed by atoms with Crippen LogP contribution in [0.3, 0.4) is 0 Å². The first-order chi connectivity index (χ1) is 12.5. The maximum Gasteiger partial charge on any atom is 0.274 e. The van der Waals surface area contributed by atoms with E-state index in [9.17, 15) is 9.59 Å². The lowest BCUT2D eigenvalue weighted by molar-refractivity contribution is -0.909. The summed E-state index contributed by atoms with van der Waals surface area (Å²) < 4.78 is 1.43. The molecule has 26 heavy (non-hydrogen) atoms. The van der Waals surface area contributed by atoms with Crippen molar-refractivity contribution >= 4 is 16.7 Å². The Hall–Kier alpha value is -2.21. The lowest BCUT2D eigenvalue weighted by Gasteiger charge is -2.20. The molecule has 1 fully saturated rings. The van der Waals surface area contributed by atoms with Crippen molar-refractivity contribution in [3.8, 4) is 0 Å². The van der Waals surface area contributed by atoms with Crippen molar-refractivity contribution in [1.82, 2.24) is 15.1 Å². The molecular formula is C20H29N4O2+. The quantitative estimate of drug-likeness (QED) is 0.805. The zero-order valence-electron chi connectivity index (χ0n) is 15.9. The van der Waals surface area contributed by atoms with E-state index in [1.807, 2.05) is 26.0 Å². The van der Waals surface area contributed by atoms with Gasteiger partial charge in [0.05, 0.1) is 25.0 Å². The maximum absolute atomic E-state index is 12.9. The SMILES string of the molecule is CC[NH+]1CCC[C@@H]1CNC(=O)c1nn(CC(C)C)c(=O)c2ccccc12. The zero-order valence-corrected chi connectivity index (χ0v) is 15.9. The molecule has 1 aliphatic heterocycles. The van der Waals surface area contributed by atoms with Crippen molar-refractivity contribution in [3.63, 3.8) is 0 Å². The van der Waals surface area contributed by atoms with Crippen LogP contribution >= 0.6 is 0 Å². The number of aromatic nitrogens is 2. The summed E-state index contributed by atoms with van der Waals surface area (Å²) in [5.74, 6) is 0.0820. The minimum atomic E-state index is -0.193. The van der Waals surface area contributed by atoms with Gasteiger partial charge in [-0.05, 0) is 18.9 Å². The van der Waals surface area contributed by atoms with Gasteiger partial charge in [-0.3, -0.25) is 9.59 Å². The van der Waals surface area contributed by atoms with Gasteiger partial charge in [-0.2, -0.15) is 5.10 Å². The predicted molar refractivity (Wildman–Crippen MR) is 103 cm³/mol. The number of likely N-dealkylation sites (tertiary alicyclic amines) is 1. The molecular weight excluding hydrogens is 328 g/mol. The second-order valence-corrected chi connectivity index (χ2v) is 7.59. The normalized spacial score (nSPS) is 20.0. The summed E-state index contributed by atoms with van der Waals surface area (Å²) in [5.41, 5.74) is 0.208. The van der Waals surface area contributed by atoms with Gasteiger partial charge in [-0.15, -0.1) is 0 Å². The number of amides is 1. The Balaban J connectivity index is 1.89. The smallest absolute Gasteiger partial charge is 0.274 e. The molecule has 1 aromatic carbocycles. The maximum atomic E-state index is 12.9. The highest BCUT2D eigenvalue weighted by molar-refractivity contribution is 6.04. The van der Waals surface area contributed by atoms with Gasteiger partial charge < -0.3 is 10.2 Å². The number of quaternary nitrogens is 1. The molecule has 3 rings (SSSR count). The second kappa shape index (κ2) is 7.99. The highest BCUT2D eigenvalue weighted by atomic mass is 16.2. The third-order valence-electron chi connectivity index (χ3n) is 5.21.